The summed E-state index contributed by atoms with van der Waals surface area (Å²) in [5, 5.41) is 4.60. The number of halogens is 2. The molecule has 0 N–H and O–H groups in total. The molecule has 0 atom stereocenters. The van der Waals surface area contributed by atoms with Crippen molar-refractivity contribution in [3.8, 4) is 17.3 Å². The Morgan fingerprint density at radius 2 is 1.58 bits per heavy atom. The molecule has 0 spiro atoms. The number of nitrogens with zero attached hydrogens (tertiary/aromatic N) is 4. The third-order valence-corrected chi connectivity index (χ3v) is 6.00. The van der Waals surface area contributed by atoms with Crippen molar-refractivity contribution in [1.29, 1.82) is 0 Å². The van der Waals surface area contributed by atoms with Crippen molar-refractivity contribution >= 4 is 5.91 Å². The number of aryl methyl sites for hydroxylation is 1. The van der Waals surface area contributed by atoms with Gasteiger partial charge in [-0.05, 0) is 68.4 Å². The Labute approximate surface area is 192 Å². The summed E-state index contributed by atoms with van der Waals surface area (Å²) in [5.74, 6) is 0.279. The van der Waals surface area contributed by atoms with E-state index in [0.717, 1.165) is 44.0 Å². The molecule has 0 unspecified atom stereocenters. The minimum absolute atomic E-state index is 0.104. The molecule has 1 aliphatic rings. The van der Waals surface area contributed by atoms with Gasteiger partial charge >= 0.3 is 0 Å². The van der Waals surface area contributed by atoms with Crippen LogP contribution in [0.4, 0.5) is 8.78 Å². The first-order valence-electron chi connectivity index (χ1n) is 11.2. The van der Waals surface area contributed by atoms with Crippen LogP contribution in [0.2, 0.25) is 0 Å². The van der Waals surface area contributed by atoms with E-state index < -0.39 is 0 Å². The molecule has 1 aliphatic heterocycles. The molecule has 0 saturated carbocycles. The van der Waals surface area contributed by atoms with E-state index >= 15 is 0 Å². The van der Waals surface area contributed by atoms with Crippen LogP contribution in [-0.2, 0) is 11.2 Å². The van der Waals surface area contributed by atoms with Gasteiger partial charge in [-0.15, -0.1) is 0 Å². The smallest absolute Gasteiger partial charge is 0.226 e. The lowest BCUT2D eigenvalue weighted by Gasteiger charge is -2.34. The van der Waals surface area contributed by atoms with Gasteiger partial charge in [-0.1, -0.05) is 6.92 Å². The summed E-state index contributed by atoms with van der Waals surface area (Å²) >= 11 is 0. The van der Waals surface area contributed by atoms with Crippen molar-refractivity contribution in [2.75, 3.05) is 32.7 Å². The molecule has 0 aliphatic carbocycles. The third-order valence-electron chi connectivity index (χ3n) is 6.00. The average molecular weight is 455 g/mol. The Balaban J connectivity index is 1.57. The van der Waals surface area contributed by atoms with Gasteiger partial charge in [0, 0.05) is 38.2 Å². The summed E-state index contributed by atoms with van der Waals surface area (Å²) in [4.78, 5) is 17.1. The van der Waals surface area contributed by atoms with Gasteiger partial charge in [0.2, 0.25) is 11.8 Å². The van der Waals surface area contributed by atoms with Crippen molar-refractivity contribution in [3.63, 3.8) is 0 Å². The number of amides is 1. The molecule has 1 fully saturated rings. The maximum atomic E-state index is 13.5. The highest BCUT2D eigenvalue weighted by atomic mass is 19.1. The van der Waals surface area contributed by atoms with Crippen molar-refractivity contribution in [2.24, 2.45) is 0 Å². The number of aromatic nitrogens is 2. The second kappa shape index (κ2) is 10.1. The van der Waals surface area contributed by atoms with Crippen LogP contribution in [0, 0.1) is 18.6 Å². The molecule has 8 heteroatoms. The minimum Gasteiger partial charge on any atom is -0.439 e. The van der Waals surface area contributed by atoms with E-state index in [-0.39, 0.29) is 17.5 Å². The maximum Gasteiger partial charge on any atom is 0.226 e. The van der Waals surface area contributed by atoms with Crippen LogP contribution in [-0.4, -0.2) is 58.2 Å². The molecule has 0 bridgehead atoms. The fourth-order valence-electron chi connectivity index (χ4n) is 4.01. The molecule has 1 amide bonds. The number of carbonyl (C=O) groups is 1. The fraction of sp³-hybridized carbons (Fsp3) is 0.360. The molecule has 1 aromatic heterocycles. The highest BCUT2D eigenvalue weighted by Gasteiger charge is 2.23. The van der Waals surface area contributed by atoms with Crippen molar-refractivity contribution in [2.45, 2.75) is 26.7 Å². The van der Waals surface area contributed by atoms with Gasteiger partial charge in [0.1, 0.15) is 17.4 Å². The largest absolute Gasteiger partial charge is 0.439 e. The Bertz CT molecular complexity index is 1090. The molecule has 3 aromatic rings. The van der Waals surface area contributed by atoms with Gasteiger partial charge in [-0.25, -0.2) is 13.5 Å². The lowest BCUT2D eigenvalue weighted by atomic mass is 10.1. The fourth-order valence-corrected chi connectivity index (χ4v) is 4.01. The number of rotatable bonds is 7. The lowest BCUT2D eigenvalue weighted by Crippen LogP contribution is -2.48. The molecule has 2 heterocycles. The zero-order valence-corrected chi connectivity index (χ0v) is 18.9. The zero-order chi connectivity index (χ0) is 23.4. The number of likely N-dealkylation sites (N-methyl/N-ethyl adjacent to an activating group) is 1. The first-order valence-corrected chi connectivity index (χ1v) is 11.2. The van der Waals surface area contributed by atoms with Crippen molar-refractivity contribution in [3.05, 3.63) is 71.4 Å². The predicted molar refractivity (Wildman–Crippen MR) is 122 cm³/mol. The highest BCUT2D eigenvalue weighted by Crippen LogP contribution is 2.32. The lowest BCUT2D eigenvalue weighted by molar-refractivity contribution is -0.132. The Morgan fingerprint density at radius 1 is 0.970 bits per heavy atom. The SMILES string of the molecule is CCN1CCN(C(=O)CCc2c(C)nn(-c3ccc(F)cc3)c2Oc2ccc(F)cc2)CC1. The van der Waals surface area contributed by atoms with E-state index in [1.54, 1.807) is 16.8 Å². The summed E-state index contributed by atoms with van der Waals surface area (Å²) in [6.07, 6.45) is 0.790. The van der Waals surface area contributed by atoms with E-state index in [4.69, 9.17) is 4.74 Å². The number of ether oxygens (including phenoxy) is 1. The Hall–Kier alpha value is -3.26. The standard InChI is InChI=1S/C25H28F2N4O2/c1-3-29-14-16-30(17-15-29)24(32)13-12-23-18(2)28-31(21-8-4-19(26)5-9-21)25(23)33-22-10-6-20(27)7-11-22/h4-11H,3,12-17H2,1-2H3. The molecule has 33 heavy (non-hydrogen) atoms. The quantitative estimate of drug-likeness (QED) is 0.533. The van der Waals surface area contributed by atoms with E-state index in [1.807, 2.05) is 11.8 Å². The van der Waals surface area contributed by atoms with Crippen LogP contribution >= 0.6 is 0 Å². The Kier molecular flexibility index (Phi) is 7.03. The van der Waals surface area contributed by atoms with E-state index in [9.17, 15) is 13.6 Å². The summed E-state index contributed by atoms with van der Waals surface area (Å²) < 4.78 is 34.5. The second-order valence-electron chi connectivity index (χ2n) is 8.13. The van der Waals surface area contributed by atoms with Gasteiger partial charge in [-0.2, -0.15) is 5.10 Å². The van der Waals surface area contributed by atoms with Crippen LogP contribution in [0.25, 0.3) is 5.69 Å². The van der Waals surface area contributed by atoms with Gasteiger partial charge in [0.15, 0.2) is 0 Å². The molecule has 4 rings (SSSR count). The molecular formula is C25H28F2N4O2. The maximum absolute atomic E-state index is 13.5. The summed E-state index contributed by atoms with van der Waals surface area (Å²) in [6.45, 7) is 8.23. The van der Waals surface area contributed by atoms with Gasteiger partial charge in [0.25, 0.3) is 0 Å². The number of hydrogen-bond acceptors (Lipinski definition) is 4. The highest BCUT2D eigenvalue weighted by molar-refractivity contribution is 5.76. The summed E-state index contributed by atoms with van der Waals surface area (Å²) in [6, 6.07) is 11.6. The number of carbonyl (C=O) groups excluding carboxylic acids is 1. The van der Waals surface area contributed by atoms with E-state index in [0.29, 0.717) is 30.2 Å². The van der Waals surface area contributed by atoms with E-state index in [2.05, 4.69) is 16.9 Å². The second-order valence-corrected chi connectivity index (χ2v) is 8.13. The molecule has 174 valence electrons. The summed E-state index contributed by atoms with van der Waals surface area (Å²) in [7, 11) is 0. The normalized spacial score (nSPS) is 14.5. The first kappa shape index (κ1) is 22.9. The van der Waals surface area contributed by atoms with Crippen LogP contribution in [0.5, 0.6) is 11.6 Å². The molecule has 6 nitrogen and oxygen atoms in total. The third kappa shape index (κ3) is 5.39. The van der Waals surface area contributed by atoms with Crippen LogP contribution in [0.3, 0.4) is 0 Å². The number of hydrogen-bond donors (Lipinski definition) is 0. The minimum atomic E-state index is -0.362. The monoisotopic (exact) mass is 454 g/mol. The number of piperazine rings is 1. The first-order chi connectivity index (χ1) is 15.9. The van der Waals surface area contributed by atoms with Crippen LogP contribution < -0.4 is 4.74 Å². The topological polar surface area (TPSA) is 50.6 Å². The van der Waals surface area contributed by atoms with Crippen LogP contribution in [0.15, 0.2) is 48.5 Å². The van der Waals surface area contributed by atoms with Gasteiger partial charge in [-0.3, -0.25) is 4.79 Å². The molecular weight excluding hydrogens is 426 g/mol. The van der Waals surface area contributed by atoms with Crippen molar-refractivity contribution < 1.29 is 18.3 Å². The summed E-state index contributed by atoms with van der Waals surface area (Å²) in [5.41, 5.74) is 2.15. The average Bonchev–Trinajstić information content (AvgIpc) is 3.14. The van der Waals surface area contributed by atoms with Gasteiger partial charge < -0.3 is 14.5 Å². The molecule has 1 saturated heterocycles. The van der Waals surface area contributed by atoms with Gasteiger partial charge in [0.05, 0.1) is 11.4 Å². The van der Waals surface area contributed by atoms with E-state index in [1.165, 1.54) is 36.4 Å². The molecule has 2 aromatic carbocycles. The van der Waals surface area contributed by atoms with Crippen molar-refractivity contribution in [1.82, 2.24) is 19.6 Å². The van der Waals surface area contributed by atoms with Crippen LogP contribution in [0.1, 0.15) is 24.6 Å². The zero-order valence-electron chi connectivity index (χ0n) is 18.9. The predicted octanol–water partition coefficient (Wildman–Crippen LogP) is 4.35. The Morgan fingerprint density at radius 3 is 2.18 bits per heavy atom. The number of benzene rings is 2. The molecule has 0 radical (unpaired) electrons.